The highest BCUT2D eigenvalue weighted by molar-refractivity contribution is 5.94. The third-order valence-electron chi connectivity index (χ3n) is 3.58. The second-order valence-corrected chi connectivity index (χ2v) is 5.15. The average molecular weight is 330 g/mol. The first kappa shape index (κ1) is 17.3. The lowest BCUT2D eigenvalue weighted by Crippen LogP contribution is -2.08. The fourth-order valence-electron chi connectivity index (χ4n) is 2.26. The Morgan fingerprint density at radius 1 is 1.42 bits per heavy atom. The Hall–Kier alpha value is -3.03. The van der Waals surface area contributed by atoms with Crippen molar-refractivity contribution in [3.8, 4) is 0 Å². The van der Waals surface area contributed by atoms with Gasteiger partial charge in [-0.15, -0.1) is 0 Å². The monoisotopic (exact) mass is 330 g/mol. The van der Waals surface area contributed by atoms with Gasteiger partial charge in [0.25, 0.3) is 5.69 Å². The van der Waals surface area contributed by atoms with E-state index < -0.39 is 10.9 Å². The molecule has 0 aliphatic carbocycles. The van der Waals surface area contributed by atoms with Gasteiger partial charge in [0.15, 0.2) is 0 Å². The summed E-state index contributed by atoms with van der Waals surface area (Å²) >= 11 is 0. The topological polar surface area (TPSA) is 100 Å². The van der Waals surface area contributed by atoms with Crippen molar-refractivity contribution in [1.82, 2.24) is 14.8 Å². The largest absolute Gasteiger partial charge is 0.462 e. The smallest absolute Gasteiger partial charge is 0.340 e. The first-order valence-electron chi connectivity index (χ1n) is 7.35. The molecule has 2 rings (SSSR count). The van der Waals surface area contributed by atoms with Crippen LogP contribution in [0.5, 0.6) is 0 Å². The summed E-state index contributed by atoms with van der Waals surface area (Å²) in [5.41, 5.74) is 2.81. The van der Waals surface area contributed by atoms with E-state index in [0.29, 0.717) is 5.69 Å². The number of hydrogen-bond donors (Lipinski definition) is 0. The highest BCUT2D eigenvalue weighted by Gasteiger charge is 2.18. The van der Waals surface area contributed by atoms with E-state index >= 15 is 0 Å². The van der Waals surface area contributed by atoms with Crippen LogP contribution in [0.15, 0.2) is 12.3 Å². The summed E-state index contributed by atoms with van der Waals surface area (Å²) in [6, 6.07) is 1.17. The van der Waals surface area contributed by atoms with Gasteiger partial charge in [-0.2, -0.15) is 5.10 Å². The SMILES string of the molecule is CCOC(=O)c1cc([N+](=O)[O-])cnc1C=Cc1c(C)nn(C)c1C. The minimum Gasteiger partial charge on any atom is -0.462 e. The summed E-state index contributed by atoms with van der Waals surface area (Å²) in [5.74, 6) is -0.645. The van der Waals surface area contributed by atoms with Crippen LogP contribution in [-0.4, -0.2) is 32.3 Å². The Kier molecular flexibility index (Phi) is 5.08. The average Bonchev–Trinajstić information content (AvgIpc) is 2.78. The van der Waals surface area contributed by atoms with Crippen LogP contribution in [0, 0.1) is 24.0 Å². The highest BCUT2D eigenvalue weighted by atomic mass is 16.6. The van der Waals surface area contributed by atoms with Crippen molar-refractivity contribution in [2.75, 3.05) is 6.61 Å². The molecule has 0 saturated heterocycles. The van der Waals surface area contributed by atoms with Crippen molar-refractivity contribution in [3.05, 3.63) is 50.6 Å². The van der Waals surface area contributed by atoms with Crippen LogP contribution >= 0.6 is 0 Å². The molecule has 126 valence electrons. The summed E-state index contributed by atoms with van der Waals surface area (Å²) in [6.07, 6.45) is 4.53. The van der Waals surface area contributed by atoms with Gasteiger partial charge in [0, 0.05) is 24.4 Å². The van der Waals surface area contributed by atoms with E-state index in [1.807, 2.05) is 20.9 Å². The Labute approximate surface area is 138 Å². The summed E-state index contributed by atoms with van der Waals surface area (Å²) in [4.78, 5) is 26.4. The van der Waals surface area contributed by atoms with Crippen molar-refractivity contribution in [3.63, 3.8) is 0 Å². The van der Waals surface area contributed by atoms with E-state index in [4.69, 9.17) is 4.74 Å². The van der Waals surface area contributed by atoms with Crippen LogP contribution in [-0.2, 0) is 11.8 Å². The molecule has 0 saturated carbocycles. The van der Waals surface area contributed by atoms with Crippen LogP contribution in [0.1, 0.15) is 39.9 Å². The Bertz CT molecular complexity index is 824. The highest BCUT2D eigenvalue weighted by Crippen LogP contribution is 2.20. The minimum absolute atomic E-state index is 0.0569. The molecule has 2 aromatic heterocycles. The summed E-state index contributed by atoms with van der Waals surface area (Å²) < 4.78 is 6.71. The molecule has 0 aliphatic heterocycles. The molecule has 2 heterocycles. The molecule has 0 atom stereocenters. The summed E-state index contributed by atoms with van der Waals surface area (Å²) in [7, 11) is 1.84. The molecule has 0 aromatic carbocycles. The molecule has 24 heavy (non-hydrogen) atoms. The van der Waals surface area contributed by atoms with Gasteiger partial charge in [-0.05, 0) is 32.9 Å². The fourth-order valence-corrected chi connectivity index (χ4v) is 2.26. The maximum absolute atomic E-state index is 12.1. The molecule has 0 bridgehead atoms. The molecule has 0 radical (unpaired) electrons. The number of ether oxygens (including phenoxy) is 1. The molecule has 8 heteroatoms. The van der Waals surface area contributed by atoms with Gasteiger partial charge in [-0.25, -0.2) is 9.78 Å². The zero-order valence-electron chi connectivity index (χ0n) is 13.9. The number of esters is 1. The van der Waals surface area contributed by atoms with Gasteiger partial charge < -0.3 is 4.74 Å². The number of rotatable bonds is 5. The predicted molar refractivity (Wildman–Crippen MR) is 88.5 cm³/mol. The molecule has 0 aliphatic rings. The maximum Gasteiger partial charge on any atom is 0.340 e. The third kappa shape index (κ3) is 3.48. The number of nitro groups is 1. The van der Waals surface area contributed by atoms with Crippen LogP contribution in [0.3, 0.4) is 0 Å². The first-order valence-corrected chi connectivity index (χ1v) is 7.35. The first-order chi connectivity index (χ1) is 11.3. The summed E-state index contributed by atoms with van der Waals surface area (Å²) in [6.45, 7) is 5.64. The fraction of sp³-hybridized carbons (Fsp3) is 0.312. The number of carbonyl (C=O) groups is 1. The molecule has 0 amide bonds. The van der Waals surface area contributed by atoms with E-state index in [9.17, 15) is 14.9 Å². The zero-order chi connectivity index (χ0) is 17.9. The van der Waals surface area contributed by atoms with E-state index in [0.717, 1.165) is 23.1 Å². The van der Waals surface area contributed by atoms with Crippen LogP contribution in [0.25, 0.3) is 12.2 Å². The van der Waals surface area contributed by atoms with Crippen molar-refractivity contribution in [2.45, 2.75) is 20.8 Å². The molecule has 0 unspecified atom stereocenters. The second kappa shape index (κ2) is 7.03. The number of aryl methyl sites for hydroxylation is 2. The number of carbonyl (C=O) groups excluding carboxylic acids is 1. The van der Waals surface area contributed by atoms with Gasteiger partial charge in [0.1, 0.15) is 6.20 Å². The number of hydrogen-bond acceptors (Lipinski definition) is 6. The van der Waals surface area contributed by atoms with E-state index in [2.05, 4.69) is 10.1 Å². The van der Waals surface area contributed by atoms with Crippen LogP contribution in [0.2, 0.25) is 0 Å². The molecular formula is C16H18N4O4. The second-order valence-electron chi connectivity index (χ2n) is 5.15. The number of pyridine rings is 1. The van der Waals surface area contributed by atoms with Gasteiger partial charge in [-0.1, -0.05) is 0 Å². The van der Waals surface area contributed by atoms with E-state index in [1.54, 1.807) is 23.8 Å². The van der Waals surface area contributed by atoms with Crippen molar-refractivity contribution in [2.24, 2.45) is 7.05 Å². The molecule has 0 fully saturated rings. The lowest BCUT2D eigenvalue weighted by Gasteiger charge is -2.05. The molecular weight excluding hydrogens is 312 g/mol. The maximum atomic E-state index is 12.1. The van der Waals surface area contributed by atoms with Crippen LogP contribution in [0.4, 0.5) is 5.69 Å². The minimum atomic E-state index is -0.645. The standard InChI is InChI=1S/C16H18N4O4/c1-5-24-16(21)14-8-12(20(22)23)9-17-15(14)7-6-13-10(2)18-19(4)11(13)3/h6-9H,5H2,1-4H3. The Morgan fingerprint density at radius 3 is 2.67 bits per heavy atom. The van der Waals surface area contributed by atoms with Gasteiger partial charge >= 0.3 is 5.97 Å². The van der Waals surface area contributed by atoms with Crippen molar-refractivity contribution in [1.29, 1.82) is 0 Å². The molecule has 0 spiro atoms. The molecule has 8 nitrogen and oxygen atoms in total. The van der Waals surface area contributed by atoms with Gasteiger partial charge in [0.05, 0.1) is 28.5 Å². The quantitative estimate of drug-likeness (QED) is 0.474. The predicted octanol–water partition coefficient (Wildman–Crippen LogP) is 2.69. The lowest BCUT2D eigenvalue weighted by molar-refractivity contribution is -0.385. The van der Waals surface area contributed by atoms with E-state index in [1.165, 1.54) is 6.07 Å². The number of nitrogens with zero attached hydrogens (tertiary/aromatic N) is 4. The zero-order valence-corrected chi connectivity index (χ0v) is 13.9. The van der Waals surface area contributed by atoms with Crippen molar-refractivity contribution < 1.29 is 14.5 Å². The van der Waals surface area contributed by atoms with E-state index in [-0.39, 0.29) is 17.9 Å². The van der Waals surface area contributed by atoms with Gasteiger partial charge in [-0.3, -0.25) is 14.8 Å². The normalized spacial score (nSPS) is 11.0. The Balaban J connectivity index is 2.47. The Morgan fingerprint density at radius 2 is 2.12 bits per heavy atom. The molecule has 0 N–H and O–H groups in total. The van der Waals surface area contributed by atoms with Crippen LogP contribution < -0.4 is 0 Å². The molecule has 2 aromatic rings. The summed E-state index contributed by atoms with van der Waals surface area (Å²) in [5, 5.41) is 15.2. The van der Waals surface area contributed by atoms with Crippen molar-refractivity contribution >= 4 is 23.8 Å². The third-order valence-corrected chi connectivity index (χ3v) is 3.58. The lowest BCUT2D eigenvalue weighted by atomic mass is 10.1. The number of aromatic nitrogens is 3. The van der Waals surface area contributed by atoms with Gasteiger partial charge in [0.2, 0.25) is 0 Å².